The van der Waals surface area contributed by atoms with Gasteiger partial charge >= 0.3 is 6.03 Å². The third-order valence-corrected chi connectivity index (χ3v) is 6.28. The van der Waals surface area contributed by atoms with Gasteiger partial charge in [0.25, 0.3) is 0 Å². The topological polar surface area (TPSA) is 47.1 Å². The molecule has 2 fully saturated rings. The number of carbonyl (C=O) groups excluding carboxylic acids is 2. The molecule has 3 amide bonds. The third-order valence-electron chi connectivity index (χ3n) is 5.47. The molecule has 4 rings (SSSR count). The lowest BCUT2D eigenvalue weighted by molar-refractivity contribution is -0.131. The van der Waals surface area contributed by atoms with E-state index in [0.29, 0.717) is 49.3 Å². The van der Waals surface area contributed by atoms with E-state index in [9.17, 15) is 14.0 Å². The molecule has 30 heavy (non-hydrogen) atoms. The fraction of sp³-hybridized carbons (Fsp3) is 0.333. The molecule has 0 N–H and O–H groups in total. The Hall–Kier alpha value is -2.51. The summed E-state index contributed by atoms with van der Waals surface area (Å²) in [6.45, 7) is 3.04. The molecule has 9 heteroatoms. The summed E-state index contributed by atoms with van der Waals surface area (Å²) in [5.41, 5.74) is 1.09. The predicted molar refractivity (Wildman–Crippen MR) is 116 cm³/mol. The van der Waals surface area contributed by atoms with Crippen molar-refractivity contribution in [3.63, 3.8) is 0 Å². The SMILES string of the molecule is O=C(CN1CCN(c2ccccc2F)C1=O)N1CCN(c2cccc(Cl)c2Cl)CC1. The molecular formula is C21H21Cl2FN4O2. The number of hydrogen-bond acceptors (Lipinski definition) is 3. The zero-order valence-electron chi connectivity index (χ0n) is 16.2. The third kappa shape index (κ3) is 4.04. The molecule has 2 aliphatic heterocycles. The second-order valence-electron chi connectivity index (χ2n) is 7.25. The van der Waals surface area contributed by atoms with Crippen LogP contribution in [0.2, 0.25) is 10.0 Å². The molecule has 158 valence electrons. The van der Waals surface area contributed by atoms with E-state index in [4.69, 9.17) is 23.2 Å². The Morgan fingerprint density at radius 3 is 2.33 bits per heavy atom. The molecule has 2 aromatic rings. The van der Waals surface area contributed by atoms with Gasteiger partial charge < -0.3 is 14.7 Å². The molecule has 2 saturated heterocycles. The van der Waals surface area contributed by atoms with E-state index in [2.05, 4.69) is 4.90 Å². The highest BCUT2D eigenvalue weighted by atomic mass is 35.5. The van der Waals surface area contributed by atoms with E-state index in [1.165, 1.54) is 15.9 Å². The van der Waals surface area contributed by atoms with Crippen LogP contribution in [0.5, 0.6) is 0 Å². The minimum atomic E-state index is -0.449. The number of amides is 3. The van der Waals surface area contributed by atoms with Crippen molar-refractivity contribution in [1.82, 2.24) is 9.80 Å². The lowest BCUT2D eigenvalue weighted by Gasteiger charge is -2.37. The number of piperazine rings is 1. The quantitative estimate of drug-likeness (QED) is 0.712. The van der Waals surface area contributed by atoms with Gasteiger partial charge in [0.1, 0.15) is 12.4 Å². The number of halogens is 3. The maximum Gasteiger partial charge on any atom is 0.325 e. The van der Waals surface area contributed by atoms with E-state index in [1.807, 2.05) is 12.1 Å². The fourth-order valence-electron chi connectivity index (χ4n) is 3.82. The number of anilines is 2. The summed E-state index contributed by atoms with van der Waals surface area (Å²) in [4.78, 5) is 32.1. The van der Waals surface area contributed by atoms with E-state index < -0.39 is 5.82 Å². The maximum atomic E-state index is 14.0. The van der Waals surface area contributed by atoms with Gasteiger partial charge in [-0.05, 0) is 24.3 Å². The lowest BCUT2D eigenvalue weighted by atomic mass is 10.2. The van der Waals surface area contributed by atoms with Crippen LogP contribution in [-0.2, 0) is 4.79 Å². The first-order valence-corrected chi connectivity index (χ1v) is 10.5. The van der Waals surface area contributed by atoms with Crippen molar-refractivity contribution in [2.45, 2.75) is 0 Å². The van der Waals surface area contributed by atoms with Crippen LogP contribution in [-0.4, -0.2) is 67.6 Å². The highest BCUT2D eigenvalue weighted by Crippen LogP contribution is 2.33. The van der Waals surface area contributed by atoms with Gasteiger partial charge in [-0.1, -0.05) is 41.4 Å². The summed E-state index contributed by atoms with van der Waals surface area (Å²) < 4.78 is 14.0. The molecule has 2 heterocycles. The number of carbonyl (C=O) groups is 2. The zero-order chi connectivity index (χ0) is 21.3. The molecule has 0 atom stereocenters. The second-order valence-corrected chi connectivity index (χ2v) is 8.03. The predicted octanol–water partition coefficient (Wildman–Crippen LogP) is 3.72. The van der Waals surface area contributed by atoms with Gasteiger partial charge in [0.05, 0.1) is 21.4 Å². The molecule has 0 radical (unpaired) electrons. The molecule has 0 aliphatic carbocycles. The van der Waals surface area contributed by atoms with Gasteiger partial charge in [-0.25, -0.2) is 9.18 Å². The van der Waals surface area contributed by atoms with Gasteiger partial charge in [-0.15, -0.1) is 0 Å². The van der Waals surface area contributed by atoms with Crippen LogP contribution in [0.4, 0.5) is 20.6 Å². The van der Waals surface area contributed by atoms with Crippen LogP contribution in [0.3, 0.4) is 0 Å². The summed E-state index contributed by atoms with van der Waals surface area (Å²) in [5, 5.41) is 1.01. The van der Waals surface area contributed by atoms with E-state index in [1.54, 1.807) is 29.2 Å². The van der Waals surface area contributed by atoms with Crippen molar-refractivity contribution < 1.29 is 14.0 Å². The first-order valence-electron chi connectivity index (χ1n) is 9.73. The Morgan fingerprint density at radius 2 is 1.60 bits per heavy atom. The molecule has 0 bridgehead atoms. The minimum Gasteiger partial charge on any atom is -0.367 e. The van der Waals surface area contributed by atoms with Crippen LogP contribution in [0, 0.1) is 5.82 Å². The molecule has 2 aromatic carbocycles. The zero-order valence-corrected chi connectivity index (χ0v) is 17.7. The van der Waals surface area contributed by atoms with Gasteiger partial charge in [-0.3, -0.25) is 9.69 Å². The van der Waals surface area contributed by atoms with Crippen molar-refractivity contribution >= 4 is 46.5 Å². The minimum absolute atomic E-state index is 0.0122. The number of hydrogen-bond donors (Lipinski definition) is 0. The van der Waals surface area contributed by atoms with Crippen LogP contribution in [0.25, 0.3) is 0 Å². The normalized spacial score (nSPS) is 17.1. The van der Waals surface area contributed by atoms with Crippen molar-refractivity contribution in [2.24, 2.45) is 0 Å². The van der Waals surface area contributed by atoms with E-state index in [0.717, 1.165) is 5.69 Å². The van der Waals surface area contributed by atoms with Crippen molar-refractivity contribution in [1.29, 1.82) is 0 Å². The smallest absolute Gasteiger partial charge is 0.325 e. The fourth-order valence-corrected chi connectivity index (χ4v) is 4.24. The first kappa shape index (κ1) is 20.8. The summed E-state index contributed by atoms with van der Waals surface area (Å²) >= 11 is 12.4. The summed E-state index contributed by atoms with van der Waals surface area (Å²) in [6, 6.07) is 11.3. The first-order chi connectivity index (χ1) is 14.5. The van der Waals surface area contributed by atoms with Crippen molar-refractivity contribution in [2.75, 3.05) is 55.6 Å². The summed E-state index contributed by atoms with van der Waals surface area (Å²) in [5.74, 6) is -0.564. The van der Waals surface area contributed by atoms with E-state index >= 15 is 0 Å². The Morgan fingerprint density at radius 1 is 0.900 bits per heavy atom. The molecule has 0 aromatic heterocycles. The molecule has 0 unspecified atom stereocenters. The largest absolute Gasteiger partial charge is 0.367 e. The second kappa shape index (κ2) is 8.70. The number of para-hydroxylation sites is 1. The molecule has 0 saturated carbocycles. The maximum absolute atomic E-state index is 14.0. The standard InChI is InChI=1S/C21H21Cl2FN4O2/c22-15-4-3-7-18(20(15)23)25-8-10-26(11-9-25)19(29)14-27-12-13-28(21(27)30)17-6-2-1-5-16(17)24/h1-7H,8-14H2. The van der Waals surface area contributed by atoms with Gasteiger partial charge in [0, 0.05) is 39.3 Å². The van der Waals surface area contributed by atoms with Gasteiger partial charge in [0.2, 0.25) is 5.91 Å². The summed E-state index contributed by atoms with van der Waals surface area (Å²) in [6.07, 6.45) is 0. The molecule has 2 aliphatic rings. The molecule has 6 nitrogen and oxygen atoms in total. The van der Waals surface area contributed by atoms with Gasteiger partial charge in [-0.2, -0.15) is 0 Å². The van der Waals surface area contributed by atoms with Crippen molar-refractivity contribution in [3.05, 3.63) is 58.3 Å². The molecular weight excluding hydrogens is 430 g/mol. The van der Waals surface area contributed by atoms with Crippen LogP contribution in [0.15, 0.2) is 42.5 Å². The number of urea groups is 1. The Labute approximate surface area is 184 Å². The monoisotopic (exact) mass is 450 g/mol. The Kier molecular flexibility index (Phi) is 6.01. The lowest BCUT2D eigenvalue weighted by Crippen LogP contribution is -2.51. The number of nitrogens with zero attached hydrogens (tertiary/aromatic N) is 4. The highest BCUT2D eigenvalue weighted by molar-refractivity contribution is 6.43. The summed E-state index contributed by atoms with van der Waals surface area (Å²) in [7, 11) is 0. The van der Waals surface area contributed by atoms with E-state index in [-0.39, 0.29) is 24.2 Å². The average molecular weight is 451 g/mol. The number of rotatable bonds is 4. The highest BCUT2D eigenvalue weighted by Gasteiger charge is 2.33. The van der Waals surface area contributed by atoms with Crippen LogP contribution >= 0.6 is 23.2 Å². The Balaban J connectivity index is 1.34. The van der Waals surface area contributed by atoms with Crippen LogP contribution < -0.4 is 9.80 Å². The number of benzene rings is 2. The van der Waals surface area contributed by atoms with Gasteiger partial charge in [0.15, 0.2) is 0 Å². The average Bonchev–Trinajstić information content (AvgIpc) is 3.10. The van der Waals surface area contributed by atoms with Crippen LogP contribution in [0.1, 0.15) is 0 Å². The van der Waals surface area contributed by atoms with Crippen molar-refractivity contribution in [3.8, 4) is 0 Å². The Bertz CT molecular complexity index is 966. The molecule has 0 spiro atoms.